The molecule has 0 aliphatic heterocycles. The molecule has 0 unspecified atom stereocenters. The number of aromatic amines is 1. The molecular weight excluding hydrogens is 280 g/mol. The number of hydrogen-bond acceptors (Lipinski definition) is 2. The number of benzene rings is 2. The zero-order valence-corrected chi connectivity index (χ0v) is 10.4. The lowest BCUT2D eigenvalue weighted by molar-refractivity contribution is 0.476. The minimum absolute atomic E-state index is 0.236. The minimum Gasteiger partial charge on any atom is -0.508 e. The third-order valence-corrected chi connectivity index (χ3v) is 3.29. The van der Waals surface area contributed by atoms with Gasteiger partial charge in [0.15, 0.2) is 0 Å². The molecular formula is C13H9BrN2O. The molecule has 2 N–H and O–H groups in total. The zero-order valence-electron chi connectivity index (χ0n) is 8.81. The van der Waals surface area contributed by atoms with Crippen molar-refractivity contribution in [2.24, 2.45) is 0 Å². The smallest absolute Gasteiger partial charge is 0.139 e. The number of aromatic hydroxyl groups is 1. The highest BCUT2D eigenvalue weighted by Gasteiger charge is 2.08. The number of fused-ring (bicyclic) bond motifs is 1. The number of H-pyrrole nitrogens is 1. The maximum Gasteiger partial charge on any atom is 0.139 e. The van der Waals surface area contributed by atoms with Crippen LogP contribution >= 0.6 is 15.9 Å². The van der Waals surface area contributed by atoms with Gasteiger partial charge in [0.25, 0.3) is 0 Å². The Hall–Kier alpha value is -1.81. The first-order chi connectivity index (χ1) is 8.24. The maximum absolute atomic E-state index is 9.41. The van der Waals surface area contributed by atoms with Crippen LogP contribution in [-0.4, -0.2) is 15.1 Å². The first-order valence-electron chi connectivity index (χ1n) is 5.18. The van der Waals surface area contributed by atoms with Gasteiger partial charge in [0.2, 0.25) is 0 Å². The number of phenolic OH excluding ortho intramolecular Hbond substituents is 1. The van der Waals surface area contributed by atoms with Crippen LogP contribution < -0.4 is 0 Å². The molecule has 3 aromatic rings. The van der Waals surface area contributed by atoms with E-state index in [4.69, 9.17) is 0 Å². The van der Waals surface area contributed by atoms with E-state index in [1.54, 1.807) is 18.2 Å². The van der Waals surface area contributed by atoms with Gasteiger partial charge in [-0.15, -0.1) is 0 Å². The molecule has 0 fully saturated rings. The standard InChI is InChI=1S/C13H9BrN2O/c14-10-4-2-1-3-9(10)13-15-11-6-5-8(17)7-12(11)16-13/h1-7,17H,(H,15,16). The monoisotopic (exact) mass is 288 g/mol. The van der Waals surface area contributed by atoms with Crippen LogP contribution in [0.25, 0.3) is 22.4 Å². The predicted molar refractivity (Wildman–Crippen MR) is 70.9 cm³/mol. The van der Waals surface area contributed by atoms with Crippen LogP contribution in [0.1, 0.15) is 0 Å². The van der Waals surface area contributed by atoms with E-state index in [2.05, 4.69) is 25.9 Å². The molecule has 4 heteroatoms. The molecule has 1 aromatic heterocycles. The molecule has 0 amide bonds. The van der Waals surface area contributed by atoms with Crippen molar-refractivity contribution in [2.45, 2.75) is 0 Å². The summed E-state index contributed by atoms with van der Waals surface area (Å²) in [7, 11) is 0. The van der Waals surface area contributed by atoms with E-state index in [-0.39, 0.29) is 5.75 Å². The van der Waals surface area contributed by atoms with Gasteiger partial charge in [-0.05, 0) is 18.2 Å². The molecule has 3 nitrogen and oxygen atoms in total. The van der Waals surface area contributed by atoms with Gasteiger partial charge in [0.1, 0.15) is 11.6 Å². The van der Waals surface area contributed by atoms with Gasteiger partial charge in [0.05, 0.1) is 11.0 Å². The third kappa shape index (κ3) is 1.80. The Labute approximate surface area is 106 Å². The van der Waals surface area contributed by atoms with Crippen LogP contribution in [0, 0.1) is 0 Å². The summed E-state index contributed by atoms with van der Waals surface area (Å²) in [6, 6.07) is 13.0. The third-order valence-electron chi connectivity index (χ3n) is 2.59. The summed E-state index contributed by atoms with van der Waals surface area (Å²) in [6.45, 7) is 0. The van der Waals surface area contributed by atoms with Crippen LogP contribution in [0.4, 0.5) is 0 Å². The molecule has 17 heavy (non-hydrogen) atoms. The van der Waals surface area contributed by atoms with Crippen LogP contribution in [0.2, 0.25) is 0 Å². The van der Waals surface area contributed by atoms with Gasteiger partial charge in [-0.2, -0.15) is 0 Å². The summed E-state index contributed by atoms with van der Waals surface area (Å²) in [5.74, 6) is 1.03. The fraction of sp³-hybridized carbons (Fsp3) is 0. The molecule has 0 spiro atoms. The molecule has 0 atom stereocenters. The van der Waals surface area contributed by atoms with Crippen molar-refractivity contribution in [1.82, 2.24) is 9.97 Å². The highest BCUT2D eigenvalue weighted by Crippen LogP contribution is 2.28. The lowest BCUT2D eigenvalue weighted by Crippen LogP contribution is -1.80. The average molecular weight is 289 g/mol. The van der Waals surface area contributed by atoms with Gasteiger partial charge in [-0.3, -0.25) is 0 Å². The average Bonchev–Trinajstić information content (AvgIpc) is 2.72. The van der Waals surface area contributed by atoms with Crippen molar-refractivity contribution >= 4 is 27.0 Å². The van der Waals surface area contributed by atoms with E-state index in [1.165, 1.54) is 0 Å². The summed E-state index contributed by atoms with van der Waals surface area (Å²) in [4.78, 5) is 7.68. The summed E-state index contributed by atoms with van der Waals surface area (Å²) >= 11 is 3.50. The number of imidazole rings is 1. The predicted octanol–water partition coefficient (Wildman–Crippen LogP) is 3.70. The SMILES string of the molecule is Oc1ccc2nc(-c3ccccc3Br)[nH]c2c1. The van der Waals surface area contributed by atoms with E-state index in [9.17, 15) is 5.11 Å². The number of rotatable bonds is 1. The Morgan fingerprint density at radius 3 is 2.76 bits per heavy atom. The lowest BCUT2D eigenvalue weighted by Gasteiger charge is -1.98. The fourth-order valence-electron chi connectivity index (χ4n) is 1.78. The van der Waals surface area contributed by atoms with Crippen molar-refractivity contribution in [1.29, 1.82) is 0 Å². The summed E-state index contributed by atoms with van der Waals surface area (Å²) in [5.41, 5.74) is 2.67. The lowest BCUT2D eigenvalue weighted by atomic mass is 10.2. The van der Waals surface area contributed by atoms with E-state index < -0.39 is 0 Å². The Morgan fingerprint density at radius 1 is 1.12 bits per heavy atom. The van der Waals surface area contributed by atoms with Crippen molar-refractivity contribution < 1.29 is 5.11 Å². The zero-order chi connectivity index (χ0) is 11.8. The first kappa shape index (κ1) is 10.4. The van der Waals surface area contributed by atoms with Gasteiger partial charge >= 0.3 is 0 Å². The molecule has 1 heterocycles. The highest BCUT2D eigenvalue weighted by atomic mass is 79.9. The Kier molecular flexibility index (Phi) is 2.37. The summed E-state index contributed by atoms with van der Waals surface area (Å²) < 4.78 is 0.989. The first-order valence-corrected chi connectivity index (χ1v) is 5.97. The molecule has 0 aliphatic rings. The van der Waals surface area contributed by atoms with Crippen molar-refractivity contribution in [3.63, 3.8) is 0 Å². The second-order valence-electron chi connectivity index (χ2n) is 3.77. The molecule has 84 valence electrons. The molecule has 0 radical (unpaired) electrons. The van der Waals surface area contributed by atoms with E-state index in [1.807, 2.05) is 24.3 Å². The highest BCUT2D eigenvalue weighted by molar-refractivity contribution is 9.10. The summed E-state index contributed by atoms with van der Waals surface area (Å²) in [6.07, 6.45) is 0. The van der Waals surface area contributed by atoms with Crippen molar-refractivity contribution in [2.75, 3.05) is 0 Å². The number of halogens is 1. The van der Waals surface area contributed by atoms with Crippen molar-refractivity contribution in [3.05, 3.63) is 46.9 Å². The molecule has 0 saturated heterocycles. The number of aromatic nitrogens is 2. The van der Waals surface area contributed by atoms with Crippen LogP contribution in [0.15, 0.2) is 46.9 Å². The van der Waals surface area contributed by atoms with Gasteiger partial charge in [-0.25, -0.2) is 4.98 Å². The second-order valence-corrected chi connectivity index (χ2v) is 4.62. The number of nitrogens with one attached hydrogen (secondary N) is 1. The van der Waals surface area contributed by atoms with Gasteiger partial charge in [-0.1, -0.05) is 34.1 Å². The second kappa shape index (κ2) is 3.89. The van der Waals surface area contributed by atoms with Crippen LogP contribution in [0.5, 0.6) is 5.75 Å². The Balaban J connectivity index is 2.22. The topological polar surface area (TPSA) is 48.9 Å². The van der Waals surface area contributed by atoms with E-state index in [0.29, 0.717) is 0 Å². The molecule has 3 rings (SSSR count). The molecule has 0 saturated carbocycles. The number of hydrogen-bond donors (Lipinski definition) is 2. The van der Waals surface area contributed by atoms with Crippen molar-refractivity contribution in [3.8, 4) is 17.1 Å². The maximum atomic E-state index is 9.41. The number of phenols is 1. The Morgan fingerprint density at radius 2 is 1.94 bits per heavy atom. The molecule has 2 aromatic carbocycles. The summed E-state index contributed by atoms with van der Waals surface area (Å²) in [5, 5.41) is 9.41. The molecule has 0 bridgehead atoms. The van der Waals surface area contributed by atoms with Gasteiger partial charge in [0, 0.05) is 16.1 Å². The van der Waals surface area contributed by atoms with Crippen LogP contribution in [-0.2, 0) is 0 Å². The van der Waals surface area contributed by atoms with E-state index >= 15 is 0 Å². The van der Waals surface area contributed by atoms with Crippen LogP contribution in [0.3, 0.4) is 0 Å². The van der Waals surface area contributed by atoms with E-state index in [0.717, 1.165) is 26.9 Å². The number of nitrogens with zero attached hydrogens (tertiary/aromatic N) is 1. The molecule has 0 aliphatic carbocycles. The quantitative estimate of drug-likeness (QED) is 0.717. The normalized spacial score (nSPS) is 10.9. The van der Waals surface area contributed by atoms with Gasteiger partial charge < -0.3 is 10.1 Å². The Bertz CT molecular complexity index is 691. The minimum atomic E-state index is 0.236. The fourth-order valence-corrected chi connectivity index (χ4v) is 2.25. The largest absolute Gasteiger partial charge is 0.508 e.